The second-order valence-electron chi connectivity index (χ2n) is 5.24. The molecule has 1 aliphatic heterocycles. The van der Waals surface area contributed by atoms with Gasteiger partial charge < -0.3 is 15.2 Å². The van der Waals surface area contributed by atoms with Gasteiger partial charge in [-0.1, -0.05) is 6.07 Å². The monoisotopic (exact) mass is 401 g/mol. The van der Waals surface area contributed by atoms with Crippen LogP contribution in [0.2, 0.25) is 0 Å². The molecule has 0 unspecified atom stereocenters. The second kappa shape index (κ2) is 9.44. The average Bonchev–Trinajstić information content (AvgIpc) is 2.96. The third-order valence-corrected chi connectivity index (χ3v) is 3.12. The average molecular weight is 401 g/mol. The first-order chi connectivity index (χ1) is 12.4. The molecule has 1 heterocycles. The lowest BCUT2D eigenvalue weighted by molar-refractivity contribution is -0.192. The number of carbonyl (C=O) groups excluding carboxylic acids is 1. The Labute approximate surface area is 149 Å². The molecular formula is C15H15F6N2O4. The molecule has 2 N–H and O–H groups in total. The molecule has 1 aliphatic rings. The molecule has 0 aliphatic carbocycles. The zero-order chi connectivity index (χ0) is 20.7. The molecule has 0 saturated carbocycles. The van der Waals surface area contributed by atoms with Crippen molar-refractivity contribution in [1.29, 1.82) is 0 Å². The smallest absolute Gasteiger partial charge is 0.490 e. The van der Waals surface area contributed by atoms with Crippen LogP contribution in [0.4, 0.5) is 26.3 Å². The van der Waals surface area contributed by atoms with Crippen LogP contribution in [0, 0.1) is 6.07 Å². The van der Waals surface area contributed by atoms with Crippen molar-refractivity contribution in [1.82, 2.24) is 10.2 Å². The van der Waals surface area contributed by atoms with E-state index in [1.165, 1.54) is 12.1 Å². The Morgan fingerprint density at radius 2 is 1.93 bits per heavy atom. The van der Waals surface area contributed by atoms with E-state index in [-0.39, 0.29) is 18.3 Å². The Bertz CT molecular complexity index is 648. The highest BCUT2D eigenvalue weighted by atomic mass is 19.4. The zero-order valence-electron chi connectivity index (χ0n) is 13.7. The highest BCUT2D eigenvalue weighted by Crippen LogP contribution is 2.35. The van der Waals surface area contributed by atoms with Crippen LogP contribution in [0.15, 0.2) is 18.2 Å². The predicted molar refractivity (Wildman–Crippen MR) is 78.7 cm³/mol. The SMILES string of the molecule is O=C(O)C(F)(F)F.O=C1CN(CCCOc2c[c]ccc2C(F)(F)F)CN1. The standard InChI is InChI=1S/C13H14F3N2O2.C2HF3O2/c14-13(15,16)10-4-1-2-5-11(10)20-7-3-6-18-8-12(19)17-9-18;3-2(4,5)1(6)7/h1,4-5H,3,6-9H2,(H,17,19);(H,6,7). The van der Waals surface area contributed by atoms with Crippen molar-refractivity contribution < 1.29 is 45.8 Å². The minimum Gasteiger partial charge on any atom is -0.493 e. The number of alkyl halides is 6. The minimum atomic E-state index is -5.08. The van der Waals surface area contributed by atoms with Crippen LogP contribution in [-0.4, -0.2) is 54.4 Å². The predicted octanol–water partition coefficient (Wildman–Crippen LogP) is 2.30. The Kier molecular flexibility index (Phi) is 7.88. The molecule has 6 nitrogen and oxygen atoms in total. The fraction of sp³-hybridized carbons (Fsp3) is 0.467. The van der Waals surface area contributed by atoms with E-state index in [1.54, 1.807) is 0 Å². The van der Waals surface area contributed by atoms with Gasteiger partial charge in [-0.15, -0.1) is 0 Å². The maximum Gasteiger partial charge on any atom is 0.490 e. The molecule has 1 radical (unpaired) electrons. The number of hydrogen-bond donors (Lipinski definition) is 2. The van der Waals surface area contributed by atoms with Crippen LogP contribution in [0.1, 0.15) is 12.0 Å². The molecule has 151 valence electrons. The maximum atomic E-state index is 12.7. The third-order valence-electron chi connectivity index (χ3n) is 3.12. The molecule has 0 atom stereocenters. The summed E-state index contributed by atoms with van der Waals surface area (Å²) in [4.78, 5) is 21.7. The van der Waals surface area contributed by atoms with E-state index in [2.05, 4.69) is 11.4 Å². The Morgan fingerprint density at radius 1 is 1.30 bits per heavy atom. The van der Waals surface area contributed by atoms with Crippen molar-refractivity contribution in [2.75, 3.05) is 26.4 Å². The number of ether oxygens (including phenoxy) is 1. The molecule has 0 aromatic heterocycles. The second-order valence-corrected chi connectivity index (χ2v) is 5.24. The van der Waals surface area contributed by atoms with E-state index in [0.717, 1.165) is 6.07 Å². The summed E-state index contributed by atoms with van der Waals surface area (Å²) in [5, 5.41) is 9.77. The minimum absolute atomic E-state index is 0.0389. The van der Waals surface area contributed by atoms with Gasteiger partial charge in [0.05, 0.1) is 25.4 Å². The normalized spacial score (nSPS) is 15.0. The summed E-state index contributed by atoms with van der Waals surface area (Å²) in [7, 11) is 0. The molecule has 27 heavy (non-hydrogen) atoms. The van der Waals surface area contributed by atoms with Gasteiger partial charge in [-0.3, -0.25) is 9.69 Å². The van der Waals surface area contributed by atoms with Gasteiger partial charge in [0.15, 0.2) is 0 Å². The highest BCUT2D eigenvalue weighted by molar-refractivity contribution is 5.79. The van der Waals surface area contributed by atoms with Gasteiger partial charge in [0.25, 0.3) is 0 Å². The van der Waals surface area contributed by atoms with E-state index in [1.807, 2.05) is 4.90 Å². The molecule has 1 aromatic carbocycles. The molecule has 1 aromatic rings. The molecule has 1 fully saturated rings. The van der Waals surface area contributed by atoms with Crippen molar-refractivity contribution in [3.8, 4) is 5.75 Å². The summed E-state index contributed by atoms with van der Waals surface area (Å²) in [6.07, 6.45) is -8.98. The number of halogens is 6. The molecule has 1 saturated heterocycles. The van der Waals surface area contributed by atoms with Gasteiger partial charge >= 0.3 is 18.3 Å². The number of nitrogens with one attached hydrogen (secondary N) is 1. The summed E-state index contributed by atoms with van der Waals surface area (Å²) >= 11 is 0. The number of amides is 1. The van der Waals surface area contributed by atoms with E-state index < -0.39 is 23.9 Å². The summed E-state index contributed by atoms with van der Waals surface area (Å²) in [5.41, 5.74) is -0.797. The van der Waals surface area contributed by atoms with Crippen molar-refractivity contribution in [3.05, 3.63) is 29.8 Å². The van der Waals surface area contributed by atoms with Crippen LogP contribution in [0.25, 0.3) is 0 Å². The number of rotatable bonds is 5. The molecule has 0 bridgehead atoms. The lowest BCUT2D eigenvalue weighted by Crippen LogP contribution is -2.24. The largest absolute Gasteiger partial charge is 0.493 e. The number of nitrogens with zero attached hydrogens (tertiary/aromatic N) is 1. The van der Waals surface area contributed by atoms with E-state index >= 15 is 0 Å². The quantitative estimate of drug-likeness (QED) is 0.585. The summed E-state index contributed by atoms with van der Waals surface area (Å²) in [5.74, 6) is -3.01. The first kappa shape index (κ1) is 22.5. The molecule has 1 amide bonds. The Hall–Kier alpha value is -2.50. The van der Waals surface area contributed by atoms with Gasteiger partial charge in [0, 0.05) is 6.54 Å². The fourth-order valence-corrected chi connectivity index (χ4v) is 1.91. The van der Waals surface area contributed by atoms with Crippen LogP contribution in [0.3, 0.4) is 0 Å². The molecule has 0 spiro atoms. The Morgan fingerprint density at radius 3 is 2.41 bits per heavy atom. The van der Waals surface area contributed by atoms with E-state index in [4.69, 9.17) is 14.6 Å². The zero-order valence-corrected chi connectivity index (χ0v) is 13.7. The van der Waals surface area contributed by atoms with E-state index in [0.29, 0.717) is 26.2 Å². The van der Waals surface area contributed by atoms with Crippen LogP contribution in [-0.2, 0) is 15.8 Å². The number of benzene rings is 1. The molecule has 12 heteroatoms. The van der Waals surface area contributed by atoms with Gasteiger partial charge in [-0.05, 0) is 24.6 Å². The third kappa shape index (κ3) is 8.15. The summed E-state index contributed by atoms with van der Waals surface area (Å²) in [6.45, 7) is 1.56. The first-order valence-corrected chi connectivity index (χ1v) is 7.40. The Balaban J connectivity index is 0.000000445. The lowest BCUT2D eigenvalue weighted by atomic mass is 10.2. The first-order valence-electron chi connectivity index (χ1n) is 7.40. The van der Waals surface area contributed by atoms with Crippen LogP contribution in [0.5, 0.6) is 5.75 Å². The fourth-order valence-electron chi connectivity index (χ4n) is 1.91. The van der Waals surface area contributed by atoms with Crippen molar-refractivity contribution >= 4 is 11.9 Å². The number of hydrogen-bond acceptors (Lipinski definition) is 4. The van der Waals surface area contributed by atoms with Gasteiger partial charge in [0.1, 0.15) is 5.75 Å². The summed E-state index contributed by atoms with van der Waals surface area (Å²) in [6, 6.07) is 5.90. The molecule has 2 rings (SSSR count). The van der Waals surface area contributed by atoms with Crippen molar-refractivity contribution in [2.24, 2.45) is 0 Å². The molecular weight excluding hydrogens is 386 g/mol. The van der Waals surface area contributed by atoms with Crippen molar-refractivity contribution in [3.63, 3.8) is 0 Å². The van der Waals surface area contributed by atoms with E-state index in [9.17, 15) is 31.1 Å². The highest BCUT2D eigenvalue weighted by Gasteiger charge is 2.38. The van der Waals surface area contributed by atoms with Gasteiger partial charge in [0.2, 0.25) is 5.91 Å². The van der Waals surface area contributed by atoms with Crippen LogP contribution >= 0.6 is 0 Å². The van der Waals surface area contributed by atoms with Gasteiger partial charge in [-0.2, -0.15) is 26.3 Å². The number of carboxylic acid groups (broad SMARTS) is 1. The number of carboxylic acids is 1. The summed E-state index contributed by atoms with van der Waals surface area (Å²) < 4.78 is 75.0. The topological polar surface area (TPSA) is 78.9 Å². The maximum absolute atomic E-state index is 12.7. The lowest BCUT2D eigenvalue weighted by Gasteiger charge is -2.15. The van der Waals surface area contributed by atoms with Gasteiger partial charge in [-0.25, -0.2) is 4.79 Å². The number of aliphatic carboxylic acids is 1. The van der Waals surface area contributed by atoms with Crippen molar-refractivity contribution in [2.45, 2.75) is 18.8 Å². The van der Waals surface area contributed by atoms with Crippen LogP contribution < -0.4 is 10.1 Å². The number of carbonyl (C=O) groups is 2.